The fraction of sp³-hybridized carbons (Fsp3) is 0.118. The van der Waals surface area contributed by atoms with E-state index in [2.05, 4.69) is 11.6 Å². The van der Waals surface area contributed by atoms with Crippen molar-refractivity contribution >= 4 is 29.2 Å². The van der Waals surface area contributed by atoms with E-state index < -0.39 is 10.5 Å². The Labute approximate surface area is 153 Å². The normalized spacial score (nSPS) is 10.7. The lowest BCUT2D eigenvalue weighted by molar-refractivity contribution is -0.384. The molecule has 1 heterocycles. The third kappa shape index (κ3) is 3.48. The lowest BCUT2D eigenvalue weighted by Gasteiger charge is -2.12. The highest BCUT2D eigenvalue weighted by molar-refractivity contribution is 6.33. The van der Waals surface area contributed by atoms with Gasteiger partial charge in [0.1, 0.15) is 11.6 Å². The molecular formula is C17H13ClN4O4. The van der Waals surface area contributed by atoms with Gasteiger partial charge >= 0.3 is 0 Å². The van der Waals surface area contributed by atoms with Gasteiger partial charge in [0.05, 0.1) is 21.2 Å². The first-order valence-electron chi connectivity index (χ1n) is 7.27. The zero-order valence-corrected chi connectivity index (χ0v) is 14.4. The minimum Gasteiger partial charge on any atom is -0.494 e. The number of benzene rings is 1. The average molecular weight is 373 g/mol. The summed E-state index contributed by atoms with van der Waals surface area (Å²) in [4.78, 5) is 26.5. The van der Waals surface area contributed by atoms with Crippen LogP contribution in [0.4, 0.5) is 11.4 Å². The molecule has 0 amide bonds. The van der Waals surface area contributed by atoms with E-state index in [-0.39, 0.29) is 45.5 Å². The van der Waals surface area contributed by atoms with Crippen LogP contribution in [0.15, 0.2) is 40.6 Å². The third-order valence-corrected chi connectivity index (χ3v) is 3.94. The molecule has 0 spiro atoms. The molecule has 0 aliphatic rings. The van der Waals surface area contributed by atoms with E-state index in [4.69, 9.17) is 11.6 Å². The molecule has 0 fully saturated rings. The second-order valence-corrected chi connectivity index (χ2v) is 5.61. The van der Waals surface area contributed by atoms with Crippen molar-refractivity contribution in [1.82, 2.24) is 4.57 Å². The SMILES string of the molecule is C=CCn1c(O)c(C=Nc2ccc([N+](=O)[O-])cc2Cl)c(C)c(C#N)c1=O. The van der Waals surface area contributed by atoms with Crippen LogP contribution in [0.1, 0.15) is 16.7 Å². The summed E-state index contributed by atoms with van der Waals surface area (Å²) in [6.45, 7) is 5.04. The number of nitrogens with zero attached hydrogens (tertiary/aromatic N) is 4. The minimum absolute atomic E-state index is 0.0127. The van der Waals surface area contributed by atoms with Crippen molar-refractivity contribution in [3.8, 4) is 11.9 Å². The zero-order chi connectivity index (χ0) is 19.4. The standard InChI is InChI=1S/C17H13ClN4O4/c1-3-6-21-16(23)12(8-19)10(2)13(17(21)24)9-20-15-5-4-11(22(25)26)7-14(15)18/h3-5,7,9,24H,1,6H2,2H3. The molecule has 8 nitrogen and oxygen atoms in total. The van der Waals surface area contributed by atoms with Gasteiger partial charge in [-0.2, -0.15) is 5.26 Å². The highest BCUT2D eigenvalue weighted by atomic mass is 35.5. The number of aromatic nitrogens is 1. The Morgan fingerprint density at radius 1 is 1.54 bits per heavy atom. The first-order chi connectivity index (χ1) is 12.3. The Morgan fingerprint density at radius 3 is 2.77 bits per heavy atom. The lowest BCUT2D eigenvalue weighted by atomic mass is 10.1. The van der Waals surface area contributed by atoms with Crippen LogP contribution in [0.2, 0.25) is 5.02 Å². The number of nitro benzene ring substituents is 1. The number of halogens is 1. The molecule has 1 aromatic heterocycles. The largest absolute Gasteiger partial charge is 0.494 e. The number of aromatic hydroxyl groups is 1. The van der Waals surface area contributed by atoms with Crippen molar-refractivity contribution < 1.29 is 10.0 Å². The van der Waals surface area contributed by atoms with Crippen LogP contribution in [-0.4, -0.2) is 20.8 Å². The summed E-state index contributed by atoms with van der Waals surface area (Å²) in [5.41, 5.74) is -0.279. The van der Waals surface area contributed by atoms with E-state index in [1.165, 1.54) is 31.3 Å². The molecule has 0 unspecified atom stereocenters. The van der Waals surface area contributed by atoms with E-state index in [9.17, 15) is 25.3 Å². The van der Waals surface area contributed by atoms with Gasteiger partial charge in [-0.3, -0.25) is 24.5 Å². The van der Waals surface area contributed by atoms with Gasteiger partial charge in [-0.1, -0.05) is 17.7 Å². The second kappa shape index (κ2) is 7.63. The van der Waals surface area contributed by atoms with Crippen LogP contribution in [0.25, 0.3) is 0 Å². The van der Waals surface area contributed by atoms with Gasteiger partial charge in [-0.25, -0.2) is 0 Å². The van der Waals surface area contributed by atoms with Crippen LogP contribution >= 0.6 is 11.6 Å². The Kier molecular flexibility index (Phi) is 5.54. The molecule has 2 aromatic rings. The second-order valence-electron chi connectivity index (χ2n) is 5.20. The van der Waals surface area contributed by atoms with Gasteiger partial charge in [0.2, 0.25) is 5.88 Å². The molecular weight excluding hydrogens is 360 g/mol. The van der Waals surface area contributed by atoms with Crippen molar-refractivity contribution in [1.29, 1.82) is 5.26 Å². The predicted molar refractivity (Wildman–Crippen MR) is 97.4 cm³/mol. The summed E-state index contributed by atoms with van der Waals surface area (Å²) in [6.07, 6.45) is 2.66. The van der Waals surface area contributed by atoms with Gasteiger partial charge in [0, 0.05) is 24.9 Å². The third-order valence-electron chi connectivity index (χ3n) is 3.63. The molecule has 0 bridgehead atoms. The molecule has 2 rings (SSSR count). The average Bonchev–Trinajstić information content (AvgIpc) is 2.60. The van der Waals surface area contributed by atoms with E-state index >= 15 is 0 Å². The summed E-state index contributed by atoms with van der Waals surface area (Å²) in [7, 11) is 0. The molecule has 0 aliphatic carbocycles. The summed E-state index contributed by atoms with van der Waals surface area (Å²) >= 11 is 5.98. The van der Waals surface area contributed by atoms with Gasteiger partial charge in [0.15, 0.2) is 0 Å². The highest BCUT2D eigenvalue weighted by Crippen LogP contribution is 2.29. The van der Waals surface area contributed by atoms with E-state index in [1.54, 1.807) is 0 Å². The van der Waals surface area contributed by atoms with Crippen LogP contribution < -0.4 is 5.56 Å². The summed E-state index contributed by atoms with van der Waals surface area (Å²) in [6, 6.07) is 5.57. The van der Waals surface area contributed by atoms with Crippen LogP contribution in [0.3, 0.4) is 0 Å². The van der Waals surface area contributed by atoms with Crippen molar-refractivity contribution in [2.75, 3.05) is 0 Å². The van der Waals surface area contributed by atoms with Gasteiger partial charge in [-0.15, -0.1) is 6.58 Å². The molecule has 0 saturated carbocycles. The number of aliphatic imine (C=N–C) groups is 1. The first-order valence-corrected chi connectivity index (χ1v) is 7.65. The maximum Gasteiger partial charge on any atom is 0.271 e. The summed E-state index contributed by atoms with van der Waals surface area (Å²) in [5.74, 6) is -0.367. The Morgan fingerprint density at radius 2 is 2.23 bits per heavy atom. The zero-order valence-electron chi connectivity index (χ0n) is 13.6. The molecule has 1 N–H and O–H groups in total. The van der Waals surface area contributed by atoms with Gasteiger partial charge in [0.25, 0.3) is 11.2 Å². The molecule has 26 heavy (non-hydrogen) atoms. The number of hydrogen-bond donors (Lipinski definition) is 1. The van der Waals surface area contributed by atoms with Crippen molar-refractivity contribution in [3.05, 3.63) is 73.0 Å². The topological polar surface area (TPSA) is 122 Å². The number of non-ortho nitro benzene ring substituents is 1. The fourth-order valence-corrected chi connectivity index (χ4v) is 2.50. The maximum atomic E-state index is 12.2. The monoisotopic (exact) mass is 372 g/mol. The summed E-state index contributed by atoms with van der Waals surface area (Å²) in [5, 5.41) is 30.4. The fourth-order valence-electron chi connectivity index (χ4n) is 2.27. The smallest absolute Gasteiger partial charge is 0.271 e. The number of rotatable bonds is 5. The van der Waals surface area contributed by atoms with E-state index in [0.717, 1.165) is 10.6 Å². The predicted octanol–water partition coefficient (Wildman–Crippen LogP) is 3.23. The summed E-state index contributed by atoms with van der Waals surface area (Å²) < 4.78 is 0.997. The van der Waals surface area contributed by atoms with Crippen LogP contribution in [0.5, 0.6) is 5.88 Å². The number of pyridine rings is 1. The molecule has 132 valence electrons. The molecule has 0 atom stereocenters. The van der Waals surface area contributed by atoms with E-state index in [0.29, 0.717) is 0 Å². The number of nitriles is 1. The van der Waals surface area contributed by atoms with Gasteiger partial charge in [-0.05, 0) is 18.6 Å². The van der Waals surface area contributed by atoms with Gasteiger partial charge < -0.3 is 5.11 Å². The molecule has 1 aromatic carbocycles. The highest BCUT2D eigenvalue weighted by Gasteiger charge is 2.17. The molecule has 0 saturated heterocycles. The number of allylic oxidation sites excluding steroid dienone is 1. The Balaban J connectivity index is 2.59. The number of nitro groups is 1. The Hall–Kier alpha value is -3.44. The minimum atomic E-state index is -0.632. The maximum absolute atomic E-state index is 12.2. The van der Waals surface area contributed by atoms with E-state index in [1.807, 2.05) is 6.07 Å². The van der Waals surface area contributed by atoms with Crippen molar-refractivity contribution in [3.63, 3.8) is 0 Å². The lowest BCUT2D eigenvalue weighted by Crippen LogP contribution is -2.24. The quantitative estimate of drug-likeness (QED) is 0.373. The van der Waals surface area contributed by atoms with Crippen molar-refractivity contribution in [2.45, 2.75) is 13.5 Å². The number of hydrogen-bond acceptors (Lipinski definition) is 6. The molecule has 9 heteroatoms. The van der Waals surface area contributed by atoms with Crippen molar-refractivity contribution in [2.24, 2.45) is 4.99 Å². The van der Waals surface area contributed by atoms with Crippen LogP contribution in [-0.2, 0) is 6.54 Å². The van der Waals surface area contributed by atoms with Crippen LogP contribution in [0, 0.1) is 28.4 Å². The first kappa shape index (κ1) is 18.9. The Bertz CT molecular complexity index is 1030. The molecule has 0 aliphatic heterocycles. The molecule has 0 radical (unpaired) electrons.